The highest BCUT2D eigenvalue weighted by atomic mass is 28.3. The van der Waals surface area contributed by atoms with Gasteiger partial charge in [0.1, 0.15) is 16.1 Å². The fourth-order valence-electron chi connectivity index (χ4n) is 14.7. The third-order valence-corrected chi connectivity index (χ3v) is 26.6. The fourth-order valence-corrected chi connectivity index (χ4v) is 21.6. The van der Waals surface area contributed by atoms with Crippen LogP contribution < -0.4 is 20.7 Å². The number of hydrogen-bond acceptors (Lipinski definition) is 4. The molecular weight excluding hydrogens is 1190 g/mol. The zero-order valence-electron chi connectivity index (χ0n) is 54.1. The first-order chi connectivity index (χ1) is 47.1. The summed E-state index contributed by atoms with van der Waals surface area (Å²) in [5.74, 6) is 1.45. The molecule has 0 radical (unpaired) electrons. The number of rotatable bonds is 11. The number of benzene rings is 13. The van der Waals surface area contributed by atoms with Crippen LogP contribution in [0.15, 0.2) is 340 Å². The van der Waals surface area contributed by atoms with Crippen molar-refractivity contribution in [3.63, 3.8) is 0 Å². The van der Waals surface area contributed by atoms with E-state index >= 15 is 0 Å². The molecule has 2 aliphatic heterocycles. The minimum absolute atomic E-state index is 0.723. The maximum Gasteiger partial charge on any atom is 0.161 e. The molecule has 0 saturated heterocycles. The van der Waals surface area contributed by atoms with Crippen LogP contribution in [0.1, 0.15) is 0 Å². The smallest absolute Gasteiger partial charge is 0.161 e. The van der Waals surface area contributed by atoms with Crippen molar-refractivity contribution in [1.82, 2.24) is 19.9 Å². The van der Waals surface area contributed by atoms with Crippen molar-refractivity contribution in [2.24, 2.45) is 0 Å². The molecule has 0 unspecified atom stereocenters. The lowest BCUT2D eigenvalue weighted by Crippen LogP contribution is -2.50. The molecule has 0 N–H and O–H groups in total. The minimum atomic E-state index is -1.84. The van der Waals surface area contributed by atoms with Gasteiger partial charge in [0, 0.05) is 33.4 Å². The van der Waals surface area contributed by atoms with E-state index in [9.17, 15) is 0 Å². The molecule has 0 fully saturated rings. The van der Waals surface area contributed by atoms with Gasteiger partial charge in [0.25, 0.3) is 0 Å². The first kappa shape index (κ1) is 59.5. The molecule has 0 amide bonds. The monoisotopic (exact) mass is 1260 g/mol. The van der Waals surface area contributed by atoms with E-state index in [1.807, 2.05) is 48.5 Å². The second-order valence-corrected chi connectivity index (χ2v) is 34.6. The van der Waals surface area contributed by atoms with E-state index in [1.54, 1.807) is 10.4 Å². The maximum atomic E-state index is 5.12. The highest BCUT2D eigenvalue weighted by Gasteiger charge is 2.40. The molecule has 0 bridgehead atoms. The van der Waals surface area contributed by atoms with Crippen LogP contribution in [-0.2, 0) is 0 Å². The molecule has 0 spiro atoms. The van der Waals surface area contributed by atoms with Gasteiger partial charge in [0.15, 0.2) is 11.6 Å². The summed E-state index contributed by atoms with van der Waals surface area (Å²) in [4.78, 5) is 20.2. The molecule has 6 heteroatoms. The molecule has 0 aliphatic carbocycles. The van der Waals surface area contributed by atoms with E-state index in [0.29, 0.717) is 0 Å². The third-order valence-electron chi connectivity index (χ3n) is 19.4. The summed E-state index contributed by atoms with van der Waals surface area (Å²) >= 11 is 0. The van der Waals surface area contributed by atoms with Crippen LogP contribution >= 0.6 is 0 Å². The van der Waals surface area contributed by atoms with Crippen LogP contribution in [0, 0.1) is 0 Å². The summed E-state index contributed by atoms with van der Waals surface area (Å²) in [5, 5.41) is 6.16. The molecule has 17 rings (SSSR count). The van der Waals surface area contributed by atoms with Gasteiger partial charge in [-0.3, -0.25) is 0 Å². The molecule has 456 valence electrons. The second kappa shape index (κ2) is 25.1. The maximum absolute atomic E-state index is 5.12. The zero-order valence-corrected chi connectivity index (χ0v) is 56.1. The van der Waals surface area contributed by atoms with Gasteiger partial charge in [-0.05, 0) is 123 Å². The average Bonchev–Trinajstić information content (AvgIpc) is 1.56. The van der Waals surface area contributed by atoms with Crippen molar-refractivity contribution < 1.29 is 0 Å². The third kappa shape index (κ3) is 11.2. The lowest BCUT2D eigenvalue weighted by atomic mass is 9.94. The predicted octanol–water partition coefficient (Wildman–Crippen LogP) is 20.9. The van der Waals surface area contributed by atoms with E-state index in [0.717, 1.165) is 78.9 Å². The Morgan fingerprint density at radius 1 is 0.177 bits per heavy atom. The fraction of sp³-hybridized carbons (Fsp3) is 0.0444. The van der Waals surface area contributed by atoms with Crippen LogP contribution in [0.5, 0.6) is 0 Å². The largest absolute Gasteiger partial charge is 0.228 e. The van der Waals surface area contributed by atoms with E-state index < -0.39 is 16.1 Å². The summed E-state index contributed by atoms with van der Waals surface area (Å²) in [6.07, 6.45) is 0. The summed E-state index contributed by atoms with van der Waals surface area (Å²) in [6, 6.07) is 121. The first-order valence-electron chi connectivity index (χ1n) is 33.1. The van der Waals surface area contributed by atoms with Gasteiger partial charge in [-0.15, -0.1) is 0 Å². The number of fused-ring (bicyclic) bond motifs is 6. The van der Waals surface area contributed by atoms with Crippen molar-refractivity contribution in [2.75, 3.05) is 0 Å². The van der Waals surface area contributed by atoms with Crippen molar-refractivity contribution in [3.8, 4) is 146 Å². The van der Waals surface area contributed by atoms with Crippen LogP contribution in [-0.4, -0.2) is 36.1 Å². The van der Waals surface area contributed by atoms with Gasteiger partial charge in [0.05, 0.1) is 22.8 Å². The SMILES string of the molecule is C[Si]1(C)c2ccccc2-c2cccc(-c3ccc(-c4ccccc4-c4nc(-c5ccccc5)cc(-c5ccccc5)n4)cc3)c21.C[Si]1(C)c2ccccc2-c2cccc(-c3cccc(-c4cccc(-c5ccc(-c6cc(-c7ccccc7)nc(-c7ccccc7)n6)cc5)c4)c3)c21. The number of nitrogens with zero attached hydrogens (tertiary/aromatic N) is 4. The van der Waals surface area contributed by atoms with Crippen molar-refractivity contribution in [1.29, 1.82) is 0 Å². The Bertz CT molecular complexity index is 5270. The Balaban J connectivity index is 0.000000152. The first-order valence-corrected chi connectivity index (χ1v) is 39.1. The molecule has 4 nitrogen and oxygen atoms in total. The number of aromatic nitrogens is 4. The molecule has 96 heavy (non-hydrogen) atoms. The normalized spacial score (nSPS) is 12.8. The summed E-state index contributed by atoms with van der Waals surface area (Å²) in [7, 11) is -3.66. The Kier molecular flexibility index (Phi) is 15.5. The van der Waals surface area contributed by atoms with Gasteiger partial charge in [-0.25, -0.2) is 19.9 Å². The Hall–Kier alpha value is -11.5. The van der Waals surface area contributed by atoms with E-state index in [-0.39, 0.29) is 0 Å². The van der Waals surface area contributed by atoms with Crippen LogP contribution in [0.4, 0.5) is 0 Å². The molecule has 13 aromatic carbocycles. The summed E-state index contributed by atoms with van der Waals surface area (Å²) < 4.78 is 0. The Morgan fingerprint density at radius 3 is 0.927 bits per heavy atom. The average molecular weight is 1260 g/mol. The van der Waals surface area contributed by atoms with Crippen LogP contribution in [0.25, 0.3) is 146 Å². The quantitative estimate of drug-likeness (QED) is 0.121. The summed E-state index contributed by atoms with van der Waals surface area (Å²) in [6.45, 7) is 9.96. The molecule has 2 aromatic heterocycles. The molecule has 15 aromatic rings. The topological polar surface area (TPSA) is 51.6 Å². The molecule has 2 aliphatic rings. The van der Waals surface area contributed by atoms with Gasteiger partial charge < -0.3 is 0 Å². The van der Waals surface area contributed by atoms with Crippen molar-refractivity contribution >= 4 is 36.9 Å². The molecule has 4 heterocycles. The standard InChI is InChI=1S/C48H36N2Si.C42H32N2Si/c1-51(2)46-25-10-9-22-42(46)43-24-13-23-41(47(43)51)40-21-12-20-39(31-40)38-19-11-18-37(30-38)33-26-28-35(29-27-33)45-32-44(34-14-5-3-6-15-34)49-48(50-45)36-16-7-4-8-17-36;1-45(2)40-23-12-11-19-35(40)36-22-13-21-34(41(36)45)30-26-24-29(25-27-30)33-18-9-10-20-37(33)42-43-38(31-14-5-3-6-15-31)28-39(44-42)32-16-7-4-8-17-32/h3-32H,1-2H3;3-28H,1-2H3. The van der Waals surface area contributed by atoms with Crippen LogP contribution in [0.3, 0.4) is 0 Å². The highest BCUT2D eigenvalue weighted by molar-refractivity contribution is 7.05. The molecule has 0 atom stereocenters. The second-order valence-electron chi connectivity index (χ2n) is 26.0. The zero-order chi connectivity index (χ0) is 64.7. The van der Waals surface area contributed by atoms with Crippen LogP contribution in [0.2, 0.25) is 26.2 Å². The van der Waals surface area contributed by atoms with Crippen molar-refractivity contribution in [3.05, 3.63) is 340 Å². The van der Waals surface area contributed by atoms with Gasteiger partial charge in [-0.1, -0.05) is 342 Å². The molecular formula is C90H68N4Si2. The van der Waals surface area contributed by atoms with E-state index in [1.165, 1.54) is 77.1 Å². The predicted molar refractivity (Wildman–Crippen MR) is 408 cm³/mol. The Labute approximate surface area is 564 Å². The minimum Gasteiger partial charge on any atom is -0.228 e. The summed E-state index contributed by atoms with van der Waals surface area (Å²) in [5.41, 5.74) is 27.9. The lowest BCUT2D eigenvalue weighted by molar-refractivity contribution is 1.18. The lowest BCUT2D eigenvalue weighted by Gasteiger charge is -2.22. The highest BCUT2D eigenvalue weighted by Crippen LogP contribution is 2.40. The Morgan fingerprint density at radius 2 is 0.458 bits per heavy atom. The van der Waals surface area contributed by atoms with Gasteiger partial charge in [0.2, 0.25) is 0 Å². The van der Waals surface area contributed by atoms with Crippen molar-refractivity contribution in [2.45, 2.75) is 26.2 Å². The molecule has 0 saturated carbocycles. The number of hydrogen-bond donors (Lipinski definition) is 0. The van der Waals surface area contributed by atoms with E-state index in [2.05, 4.69) is 317 Å². The van der Waals surface area contributed by atoms with Gasteiger partial charge in [-0.2, -0.15) is 0 Å². The van der Waals surface area contributed by atoms with Gasteiger partial charge >= 0.3 is 0 Å². The van der Waals surface area contributed by atoms with E-state index in [4.69, 9.17) is 19.9 Å².